The Hall–Kier alpha value is -2.63. The van der Waals surface area contributed by atoms with E-state index in [1.54, 1.807) is 30.9 Å². The van der Waals surface area contributed by atoms with Gasteiger partial charge in [-0.05, 0) is 24.3 Å². The minimum Gasteiger partial charge on any atom is -0.478 e. The molecule has 0 aliphatic carbocycles. The lowest BCUT2D eigenvalue weighted by Crippen LogP contribution is -2.14. The largest absolute Gasteiger partial charge is 0.478 e. The maximum absolute atomic E-state index is 11.7. The summed E-state index contributed by atoms with van der Waals surface area (Å²) < 4.78 is 1.81. The van der Waals surface area contributed by atoms with Gasteiger partial charge in [-0.1, -0.05) is 0 Å². The normalized spacial score (nSPS) is 10.1. The van der Waals surface area contributed by atoms with Crippen LogP contribution in [-0.4, -0.2) is 26.5 Å². The van der Waals surface area contributed by atoms with Crippen molar-refractivity contribution >= 4 is 17.6 Å². The van der Waals surface area contributed by atoms with Crippen molar-refractivity contribution in [1.29, 1.82) is 0 Å². The molecule has 1 heterocycles. The van der Waals surface area contributed by atoms with Gasteiger partial charge in [-0.3, -0.25) is 4.79 Å². The second-order valence-corrected chi connectivity index (χ2v) is 3.98. The number of hydrogen-bond donors (Lipinski definition) is 2. The van der Waals surface area contributed by atoms with E-state index in [-0.39, 0.29) is 11.5 Å². The van der Waals surface area contributed by atoms with E-state index in [9.17, 15) is 9.59 Å². The fourth-order valence-corrected chi connectivity index (χ4v) is 1.57. The molecule has 0 aliphatic rings. The molecule has 2 rings (SSSR count). The molecule has 0 radical (unpaired) electrons. The molecular formula is C13H13N3O3. The molecule has 0 atom stereocenters. The van der Waals surface area contributed by atoms with Crippen LogP contribution in [0, 0.1) is 0 Å². The quantitative estimate of drug-likeness (QED) is 0.854. The summed E-state index contributed by atoms with van der Waals surface area (Å²) >= 11 is 0. The molecule has 2 aromatic rings. The molecule has 6 nitrogen and oxygen atoms in total. The third kappa shape index (κ3) is 3.67. The molecule has 1 aromatic carbocycles. The Morgan fingerprint density at radius 3 is 2.58 bits per heavy atom. The van der Waals surface area contributed by atoms with Crippen LogP contribution in [-0.2, 0) is 11.3 Å². The Morgan fingerprint density at radius 1 is 1.26 bits per heavy atom. The Morgan fingerprint density at radius 2 is 2.00 bits per heavy atom. The topological polar surface area (TPSA) is 84.2 Å². The number of aromatic nitrogens is 2. The average Bonchev–Trinajstić information content (AvgIpc) is 2.90. The molecule has 6 heteroatoms. The van der Waals surface area contributed by atoms with Crippen molar-refractivity contribution in [3.05, 3.63) is 48.5 Å². The van der Waals surface area contributed by atoms with Crippen LogP contribution in [0.4, 0.5) is 5.69 Å². The van der Waals surface area contributed by atoms with Crippen molar-refractivity contribution in [2.75, 3.05) is 5.32 Å². The van der Waals surface area contributed by atoms with Crippen molar-refractivity contribution in [3.63, 3.8) is 0 Å². The number of amides is 1. The highest BCUT2D eigenvalue weighted by atomic mass is 16.4. The highest BCUT2D eigenvalue weighted by Crippen LogP contribution is 2.10. The molecular weight excluding hydrogens is 246 g/mol. The number of carbonyl (C=O) groups excluding carboxylic acids is 1. The summed E-state index contributed by atoms with van der Waals surface area (Å²) in [7, 11) is 0. The molecule has 2 N–H and O–H groups in total. The molecule has 0 unspecified atom stereocenters. The summed E-state index contributed by atoms with van der Waals surface area (Å²) in [5.41, 5.74) is 0.775. The van der Waals surface area contributed by atoms with Crippen LogP contribution in [0.25, 0.3) is 0 Å². The number of aromatic carboxylic acids is 1. The maximum atomic E-state index is 11.7. The summed E-state index contributed by atoms with van der Waals surface area (Å²) in [5, 5.41) is 11.5. The number of hydrogen-bond acceptors (Lipinski definition) is 3. The molecule has 0 spiro atoms. The first-order chi connectivity index (χ1) is 9.15. The first-order valence-electron chi connectivity index (χ1n) is 5.74. The summed E-state index contributed by atoms with van der Waals surface area (Å²) in [6.45, 7) is 0.555. The minimum absolute atomic E-state index is 0.128. The molecule has 0 saturated heterocycles. The molecule has 19 heavy (non-hydrogen) atoms. The lowest BCUT2D eigenvalue weighted by atomic mass is 10.2. The van der Waals surface area contributed by atoms with E-state index in [1.165, 1.54) is 12.1 Å². The number of nitrogens with one attached hydrogen (secondary N) is 1. The van der Waals surface area contributed by atoms with Gasteiger partial charge < -0.3 is 15.0 Å². The predicted octanol–water partition coefficient (Wildman–Crippen LogP) is 1.61. The molecule has 0 saturated carbocycles. The summed E-state index contributed by atoms with van der Waals surface area (Å²) in [6, 6.07) is 6.04. The van der Waals surface area contributed by atoms with E-state index in [2.05, 4.69) is 10.3 Å². The Bertz CT molecular complexity index is 561. The number of carboxylic acids is 1. The number of imidazole rings is 1. The number of benzene rings is 1. The fourth-order valence-electron chi connectivity index (χ4n) is 1.57. The van der Waals surface area contributed by atoms with Crippen LogP contribution in [0.15, 0.2) is 43.0 Å². The van der Waals surface area contributed by atoms with Gasteiger partial charge in [0.05, 0.1) is 11.9 Å². The number of carboxylic acid groups (broad SMARTS) is 1. The Balaban J connectivity index is 1.86. The zero-order valence-electron chi connectivity index (χ0n) is 10.1. The lowest BCUT2D eigenvalue weighted by molar-refractivity contribution is -0.116. The van der Waals surface area contributed by atoms with Gasteiger partial charge >= 0.3 is 5.97 Å². The molecule has 0 fully saturated rings. The van der Waals surface area contributed by atoms with Gasteiger partial charge in [0.15, 0.2) is 0 Å². The second kappa shape index (κ2) is 5.81. The zero-order valence-corrected chi connectivity index (χ0v) is 10.1. The summed E-state index contributed by atoms with van der Waals surface area (Å²) in [4.78, 5) is 26.2. The van der Waals surface area contributed by atoms with Gasteiger partial charge in [0.1, 0.15) is 0 Å². The summed E-state index contributed by atoms with van der Waals surface area (Å²) in [5.74, 6) is -1.12. The third-order valence-corrected chi connectivity index (χ3v) is 2.57. The van der Waals surface area contributed by atoms with Crippen LogP contribution in [0.1, 0.15) is 16.8 Å². The van der Waals surface area contributed by atoms with Crippen molar-refractivity contribution in [2.45, 2.75) is 13.0 Å². The van der Waals surface area contributed by atoms with Gasteiger partial charge in [0, 0.05) is 31.0 Å². The van der Waals surface area contributed by atoms with Gasteiger partial charge in [-0.25, -0.2) is 9.78 Å². The molecule has 98 valence electrons. The number of carbonyl (C=O) groups is 2. The fraction of sp³-hybridized carbons (Fsp3) is 0.154. The Kier molecular flexibility index (Phi) is 3.92. The smallest absolute Gasteiger partial charge is 0.335 e. The SMILES string of the molecule is O=C(CCn1ccnc1)Nc1ccc(C(=O)O)cc1. The first-order valence-corrected chi connectivity index (χ1v) is 5.74. The number of nitrogens with zero attached hydrogens (tertiary/aromatic N) is 2. The van der Waals surface area contributed by atoms with Crippen LogP contribution >= 0.6 is 0 Å². The molecule has 0 aliphatic heterocycles. The molecule has 1 aromatic heterocycles. The van der Waals surface area contributed by atoms with E-state index in [0.717, 1.165) is 0 Å². The monoisotopic (exact) mass is 259 g/mol. The number of aryl methyl sites for hydroxylation is 1. The van der Waals surface area contributed by atoms with Crippen molar-refractivity contribution < 1.29 is 14.7 Å². The van der Waals surface area contributed by atoms with E-state index in [1.807, 2.05) is 4.57 Å². The zero-order chi connectivity index (χ0) is 13.7. The van der Waals surface area contributed by atoms with E-state index in [0.29, 0.717) is 18.7 Å². The highest BCUT2D eigenvalue weighted by molar-refractivity contribution is 5.92. The Labute approximate surface area is 109 Å². The van der Waals surface area contributed by atoms with E-state index < -0.39 is 5.97 Å². The summed E-state index contributed by atoms with van der Waals surface area (Å²) in [6.07, 6.45) is 5.42. The minimum atomic E-state index is -0.988. The third-order valence-electron chi connectivity index (χ3n) is 2.57. The van der Waals surface area contributed by atoms with Gasteiger partial charge in [-0.2, -0.15) is 0 Å². The van der Waals surface area contributed by atoms with E-state index in [4.69, 9.17) is 5.11 Å². The maximum Gasteiger partial charge on any atom is 0.335 e. The first kappa shape index (κ1) is 12.8. The predicted molar refractivity (Wildman–Crippen MR) is 68.9 cm³/mol. The number of rotatable bonds is 5. The van der Waals surface area contributed by atoms with Crippen LogP contribution in [0.2, 0.25) is 0 Å². The standard InChI is InChI=1S/C13H13N3O3/c17-12(5-7-16-8-6-14-9-16)15-11-3-1-10(2-4-11)13(18)19/h1-4,6,8-9H,5,7H2,(H,15,17)(H,18,19). The van der Waals surface area contributed by atoms with Crippen LogP contribution < -0.4 is 5.32 Å². The van der Waals surface area contributed by atoms with Crippen molar-refractivity contribution in [3.8, 4) is 0 Å². The van der Waals surface area contributed by atoms with Crippen molar-refractivity contribution in [1.82, 2.24) is 9.55 Å². The molecule has 0 bridgehead atoms. The average molecular weight is 259 g/mol. The van der Waals surface area contributed by atoms with Crippen molar-refractivity contribution in [2.24, 2.45) is 0 Å². The molecule has 1 amide bonds. The highest BCUT2D eigenvalue weighted by Gasteiger charge is 2.05. The lowest BCUT2D eigenvalue weighted by Gasteiger charge is -2.06. The van der Waals surface area contributed by atoms with Gasteiger partial charge in [-0.15, -0.1) is 0 Å². The van der Waals surface area contributed by atoms with E-state index >= 15 is 0 Å². The number of anilines is 1. The van der Waals surface area contributed by atoms with Crippen LogP contribution in [0.5, 0.6) is 0 Å². The van der Waals surface area contributed by atoms with Crippen LogP contribution in [0.3, 0.4) is 0 Å². The van der Waals surface area contributed by atoms with Gasteiger partial charge in [0.25, 0.3) is 0 Å². The van der Waals surface area contributed by atoms with Gasteiger partial charge in [0.2, 0.25) is 5.91 Å². The second-order valence-electron chi connectivity index (χ2n) is 3.98.